The Morgan fingerprint density at radius 1 is 1.16 bits per heavy atom. The van der Waals surface area contributed by atoms with E-state index in [4.69, 9.17) is 5.26 Å². The van der Waals surface area contributed by atoms with Crippen LogP contribution in [0.3, 0.4) is 0 Å². The summed E-state index contributed by atoms with van der Waals surface area (Å²) in [6, 6.07) is 16.2. The Morgan fingerprint density at radius 2 is 1.84 bits per heavy atom. The van der Waals surface area contributed by atoms with E-state index in [-0.39, 0.29) is 6.04 Å². The lowest BCUT2D eigenvalue weighted by Gasteiger charge is -2.17. The van der Waals surface area contributed by atoms with Crippen molar-refractivity contribution in [1.29, 1.82) is 5.26 Å². The number of nitrogens with one attached hydrogen (secondary N) is 1. The molecule has 0 aliphatic rings. The first-order chi connectivity index (χ1) is 9.10. The van der Waals surface area contributed by atoms with Crippen LogP contribution in [-0.4, -0.2) is 0 Å². The Labute approximate surface area is 122 Å². The molecule has 0 saturated heterocycles. The van der Waals surface area contributed by atoms with Gasteiger partial charge in [0, 0.05) is 16.2 Å². The third-order valence-electron chi connectivity index (χ3n) is 3.03. The molecule has 0 heterocycles. The first-order valence-electron chi connectivity index (χ1n) is 6.13. The van der Waals surface area contributed by atoms with Gasteiger partial charge in [-0.3, -0.25) is 0 Å². The van der Waals surface area contributed by atoms with Crippen LogP contribution < -0.4 is 5.32 Å². The number of hydrogen-bond acceptors (Lipinski definition) is 2. The van der Waals surface area contributed by atoms with Gasteiger partial charge in [-0.1, -0.05) is 18.2 Å². The van der Waals surface area contributed by atoms with E-state index in [0.29, 0.717) is 5.56 Å². The molecule has 0 radical (unpaired) electrons. The smallest absolute Gasteiger partial charge is 0.0991 e. The summed E-state index contributed by atoms with van der Waals surface area (Å²) in [6.07, 6.45) is 0. The van der Waals surface area contributed by atoms with Gasteiger partial charge in [-0.2, -0.15) is 5.26 Å². The van der Waals surface area contributed by atoms with E-state index in [1.54, 1.807) is 0 Å². The summed E-state index contributed by atoms with van der Waals surface area (Å²) in [7, 11) is 0. The van der Waals surface area contributed by atoms with Gasteiger partial charge in [0.1, 0.15) is 0 Å². The van der Waals surface area contributed by atoms with Crippen molar-refractivity contribution < 1.29 is 0 Å². The molecule has 2 rings (SSSR count). The van der Waals surface area contributed by atoms with Gasteiger partial charge in [0.15, 0.2) is 0 Å². The van der Waals surface area contributed by atoms with Gasteiger partial charge < -0.3 is 5.32 Å². The monoisotopic (exact) mass is 314 g/mol. The number of halogens is 1. The first kappa shape index (κ1) is 13.6. The van der Waals surface area contributed by atoms with Gasteiger partial charge in [-0.25, -0.2) is 0 Å². The van der Waals surface area contributed by atoms with Crippen LogP contribution >= 0.6 is 15.9 Å². The lowest BCUT2D eigenvalue weighted by Crippen LogP contribution is -2.07. The fourth-order valence-corrected chi connectivity index (χ4v) is 2.27. The third kappa shape index (κ3) is 3.36. The van der Waals surface area contributed by atoms with Crippen LogP contribution in [0.2, 0.25) is 0 Å². The van der Waals surface area contributed by atoms with Crippen LogP contribution in [0.15, 0.2) is 46.9 Å². The number of benzene rings is 2. The van der Waals surface area contributed by atoms with Crippen molar-refractivity contribution in [3.8, 4) is 6.07 Å². The normalized spacial score (nSPS) is 11.7. The molecule has 1 N–H and O–H groups in total. The zero-order valence-electron chi connectivity index (χ0n) is 10.9. The van der Waals surface area contributed by atoms with Crippen LogP contribution in [0, 0.1) is 18.3 Å². The zero-order valence-corrected chi connectivity index (χ0v) is 12.5. The number of rotatable bonds is 3. The largest absolute Gasteiger partial charge is 0.378 e. The van der Waals surface area contributed by atoms with Crippen LogP contribution in [0.4, 0.5) is 5.69 Å². The Morgan fingerprint density at radius 3 is 2.47 bits per heavy atom. The molecule has 2 nitrogen and oxygen atoms in total. The van der Waals surface area contributed by atoms with Crippen LogP contribution in [0.5, 0.6) is 0 Å². The summed E-state index contributed by atoms with van der Waals surface area (Å²) in [4.78, 5) is 0. The first-order valence-corrected chi connectivity index (χ1v) is 6.92. The fraction of sp³-hybridized carbons (Fsp3) is 0.188. The summed E-state index contributed by atoms with van der Waals surface area (Å²) in [5.41, 5.74) is 4.15. The topological polar surface area (TPSA) is 35.8 Å². The number of nitriles is 1. The molecule has 0 saturated carbocycles. The standard InChI is InChI=1S/C16H15BrN2/c1-11-3-8-15(17)16(9-11)19-12(2)14-6-4-13(10-18)5-7-14/h3-9,12,19H,1-2H3. The average Bonchev–Trinajstić information content (AvgIpc) is 2.43. The van der Waals surface area contributed by atoms with E-state index < -0.39 is 0 Å². The molecule has 3 heteroatoms. The van der Waals surface area contributed by atoms with Crippen molar-refractivity contribution in [2.45, 2.75) is 19.9 Å². The second kappa shape index (κ2) is 5.90. The molecule has 96 valence electrons. The van der Waals surface area contributed by atoms with E-state index in [2.05, 4.69) is 53.3 Å². The summed E-state index contributed by atoms with van der Waals surface area (Å²) in [5.74, 6) is 0. The molecule has 0 bridgehead atoms. The lowest BCUT2D eigenvalue weighted by atomic mass is 10.1. The number of anilines is 1. The highest BCUT2D eigenvalue weighted by molar-refractivity contribution is 9.10. The van der Waals surface area contributed by atoms with Gasteiger partial charge in [-0.05, 0) is 65.2 Å². The average molecular weight is 315 g/mol. The van der Waals surface area contributed by atoms with E-state index >= 15 is 0 Å². The Kier molecular flexibility index (Phi) is 4.24. The third-order valence-corrected chi connectivity index (χ3v) is 3.73. The van der Waals surface area contributed by atoms with E-state index in [1.807, 2.05) is 30.3 Å². The van der Waals surface area contributed by atoms with E-state index in [1.165, 1.54) is 5.56 Å². The van der Waals surface area contributed by atoms with Gasteiger partial charge in [0.2, 0.25) is 0 Å². The van der Waals surface area contributed by atoms with E-state index in [0.717, 1.165) is 15.7 Å². The minimum Gasteiger partial charge on any atom is -0.378 e. The molecule has 0 spiro atoms. The molecule has 1 atom stereocenters. The number of hydrogen-bond donors (Lipinski definition) is 1. The maximum atomic E-state index is 8.80. The molecule has 2 aromatic rings. The molecule has 0 fully saturated rings. The second-order valence-corrected chi connectivity index (χ2v) is 5.44. The summed E-state index contributed by atoms with van der Waals surface area (Å²) < 4.78 is 1.05. The van der Waals surface area contributed by atoms with Gasteiger partial charge in [-0.15, -0.1) is 0 Å². The lowest BCUT2D eigenvalue weighted by molar-refractivity contribution is 0.883. The van der Waals surface area contributed by atoms with Crippen molar-refractivity contribution in [3.05, 3.63) is 63.6 Å². The van der Waals surface area contributed by atoms with Crippen molar-refractivity contribution in [2.24, 2.45) is 0 Å². The fourth-order valence-electron chi connectivity index (χ4n) is 1.91. The van der Waals surface area contributed by atoms with Crippen molar-refractivity contribution in [3.63, 3.8) is 0 Å². The van der Waals surface area contributed by atoms with Crippen LogP contribution in [0.1, 0.15) is 29.7 Å². The van der Waals surface area contributed by atoms with Gasteiger partial charge in [0.05, 0.1) is 11.6 Å². The summed E-state index contributed by atoms with van der Waals surface area (Å²) in [5, 5.41) is 12.3. The molecule has 19 heavy (non-hydrogen) atoms. The Hall–Kier alpha value is -1.79. The summed E-state index contributed by atoms with van der Waals surface area (Å²) in [6.45, 7) is 4.18. The molecule has 1 unspecified atom stereocenters. The maximum Gasteiger partial charge on any atom is 0.0991 e. The highest BCUT2D eigenvalue weighted by Gasteiger charge is 2.07. The van der Waals surface area contributed by atoms with Gasteiger partial charge in [0.25, 0.3) is 0 Å². The maximum absolute atomic E-state index is 8.80. The minimum atomic E-state index is 0.186. The molecule has 2 aromatic carbocycles. The minimum absolute atomic E-state index is 0.186. The second-order valence-electron chi connectivity index (χ2n) is 4.58. The molecule has 0 amide bonds. The Bertz CT molecular complexity index is 612. The van der Waals surface area contributed by atoms with Crippen molar-refractivity contribution in [2.75, 3.05) is 5.32 Å². The molecule has 0 aromatic heterocycles. The predicted octanol–water partition coefficient (Wildman–Crippen LogP) is 4.80. The predicted molar refractivity (Wildman–Crippen MR) is 82.1 cm³/mol. The summed E-state index contributed by atoms with van der Waals surface area (Å²) >= 11 is 3.55. The molecule has 0 aliphatic carbocycles. The highest BCUT2D eigenvalue weighted by atomic mass is 79.9. The zero-order chi connectivity index (χ0) is 13.8. The van der Waals surface area contributed by atoms with Crippen molar-refractivity contribution >= 4 is 21.6 Å². The van der Waals surface area contributed by atoms with Crippen LogP contribution in [-0.2, 0) is 0 Å². The van der Waals surface area contributed by atoms with Gasteiger partial charge >= 0.3 is 0 Å². The van der Waals surface area contributed by atoms with Crippen LogP contribution in [0.25, 0.3) is 0 Å². The Balaban J connectivity index is 2.18. The SMILES string of the molecule is Cc1ccc(Br)c(NC(C)c2ccc(C#N)cc2)c1. The van der Waals surface area contributed by atoms with Crippen molar-refractivity contribution in [1.82, 2.24) is 0 Å². The molecule has 0 aliphatic heterocycles. The number of nitrogens with zero attached hydrogens (tertiary/aromatic N) is 1. The highest BCUT2D eigenvalue weighted by Crippen LogP contribution is 2.27. The quantitative estimate of drug-likeness (QED) is 0.883. The van der Waals surface area contributed by atoms with E-state index in [9.17, 15) is 0 Å². The molecular weight excluding hydrogens is 300 g/mol. The number of aryl methyl sites for hydroxylation is 1. The molecular formula is C16H15BrN2.